The second-order valence-electron chi connectivity index (χ2n) is 4.74. The smallest absolute Gasteiger partial charge is 0.141 e. The number of hydrogen-bond acceptors (Lipinski definition) is 5. The molecule has 3 N–H and O–H groups in total. The Bertz CT molecular complexity index is 388. The van der Waals surface area contributed by atoms with E-state index in [-0.39, 0.29) is 24.5 Å². The van der Waals surface area contributed by atoms with Crippen molar-refractivity contribution in [1.29, 1.82) is 0 Å². The van der Waals surface area contributed by atoms with Crippen molar-refractivity contribution in [3.05, 3.63) is 29.8 Å². The fraction of sp³-hybridized carbons (Fsp3) is 0.615. The van der Waals surface area contributed by atoms with Crippen LogP contribution in [-0.2, 0) is 4.74 Å². The summed E-state index contributed by atoms with van der Waals surface area (Å²) >= 11 is 0. The quantitative estimate of drug-likeness (QED) is 0.804. The highest BCUT2D eigenvalue weighted by Gasteiger charge is 2.22. The number of aliphatic hydroxyl groups excluding tert-OH is 1. The maximum Gasteiger partial charge on any atom is 0.141 e. The van der Waals surface area contributed by atoms with E-state index in [1.165, 1.54) is 12.3 Å². The molecule has 2 atom stereocenters. The van der Waals surface area contributed by atoms with E-state index in [4.69, 9.17) is 10.5 Å². The van der Waals surface area contributed by atoms with Crippen molar-refractivity contribution in [2.24, 2.45) is 5.73 Å². The highest BCUT2D eigenvalue weighted by atomic mass is 19.1. The number of nitrogens with two attached hydrogens (primary N) is 1. The largest absolute Gasteiger partial charge is 0.395 e. The molecule has 5 nitrogen and oxygen atoms in total. The Kier molecular flexibility index (Phi) is 5.21. The normalized spacial score (nSPS) is 22.4. The zero-order valence-electron chi connectivity index (χ0n) is 10.8. The van der Waals surface area contributed by atoms with Crippen molar-refractivity contribution in [3.8, 4) is 0 Å². The van der Waals surface area contributed by atoms with Crippen molar-refractivity contribution in [2.45, 2.75) is 18.5 Å². The van der Waals surface area contributed by atoms with Crippen molar-refractivity contribution in [1.82, 2.24) is 9.88 Å². The summed E-state index contributed by atoms with van der Waals surface area (Å²) in [4.78, 5) is 6.16. The molecule has 1 aromatic heterocycles. The van der Waals surface area contributed by atoms with E-state index in [0.29, 0.717) is 18.9 Å². The third-order valence-corrected chi connectivity index (χ3v) is 3.42. The second-order valence-corrected chi connectivity index (χ2v) is 4.74. The van der Waals surface area contributed by atoms with Crippen LogP contribution in [0.15, 0.2) is 18.3 Å². The minimum Gasteiger partial charge on any atom is -0.395 e. The number of aliphatic hydroxyl groups is 1. The number of morpholine rings is 1. The van der Waals surface area contributed by atoms with E-state index < -0.39 is 0 Å². The van der Waals surface area contributed by atoms with Crippen LogP contribution in [-0.4, -0.2) is 53.9 Å². The number of hydrogen-bond donors (Lipinski definition) is 2. The van der Waals surface area contributed by atoms with E-state index in [9.17, 15) is 9.50 Å². The van der Waals surface area contributed by atoms with Gasteiger partial charge in [-0.1, -0.05) is 0 Å². The van der Waals surface area contributed by atoms with E-state index >= 15 is 0 Å². The Morgan fingerprint density at radius 3 is 3.11 bits per heavy atom. The van der Waals surface area contributed by atoms with Crippen molar-refractivity contribution in [3.63, 3.8) is 0 Å². The van der Waals surface area contributed by atoms with Gasteiger partial charge in [-0.3, -0.25) is 9.88 Å². The zero-order valence-corrected chi connectivity index (χ0v) is 10.8. The molecule has 2 unspecified atom stereocenters. The molecule has 0 spiro atoms. The summed E-state index contributed by atoms with van der Waals surface area (Å²) in [6.07, 6.45) is 1.90. The first-order valence-electron chi connectivity index (χ1n) is 6.50. The monoisotopic (exact) mass is 269 g/mol. The minimum atomic E-state index is -0.357. The highest BCUT2D eigenvalue weighted by molar-refractivity contribution is 5.09. The Morgan fingerprint density at radius 2 is 2.42 bits per heavy atom. The van der Waals surface area contributed by atoms with Crippen LogP contribution in [0.5, 0.6) is 0 Å². The van der Waals surface area contributed by atoms with Crippen molar-refractivity contribution >= 4 is 0 Å². The van der Waals surface area contributed by atoms with Crippen LogP contribution in [0.3, 0.4) is 0 Å². The molecule has 19 heavy (non-hydrogen) atoms. The maximum atomic E-state index is 12.8. The molecular formula is C13H20FN3O2. The summed E-state index contributed by atoms with van der Waals surface area (Å²) in [6.45, 7) is 2.90. The topological polar surface area (TPSA) is 71.6 Å². The molecule has 1 fully saturated rings. The van der Waals surface area contributed by atoms with Crippen LogP contribution in [0.4, 0.5) is 4.39 Å². The lowest BCUT2D eigenvalue weighted by molar-refractivity contribution is -0.0283. The molecule has 106 valence electrons. The van der Waals surface area contributed by atoms with Gasteiger partial charge in [0.05, 0.1) is 37.8 Å². The zero-order chi connectivity index (χ0) is 13.7. The van der Waals surface area contributed by atoms with Gasteiger partial charge in [0, 0.05) is 19.1 Å². The molecule has 6 heteroatoms. The van der Waals surface area contributed by atoms with Crippen molar-refractivity contribution in [2.75, 3.05) is 32.9 Å². The highest BCUT2D eigenvalue weighted by Crippen LogP contribution is 2.14. The predicted octanol–water partition coefficient (Wildman–Crippen LogP) is 0.304. The second kappa shape index (κ2) is 6.91. The molecule has 2 heterocycles. The maximum absolute atomic E-state index is 12.8. The van der Waals surface area contributed by atoms with Gasteiger partial charge in [0.25, 0.3) is 0 Å². The number of aromatic nitrogens is 1. The van der Waals surface area contributed by atoms with E-state index in [2.05, 4.69) is 9.88 Å². The molecule has 0 aliphatic carbocycles. The number of ether oxygens (including phenoxy) is 1. The average Bonchev–Trinajstić information content (AvgIpc) is 2.45. The molecule has 0 bridgehead atoms. The number of pyridine rings is 1. The van der Waals surface area contributed by atoms with Gasteiger partial charge in [-0.25, -0.2) is 4.39 Å². The van der Waals surface area contributed by atoms with Crippen LogP contribution in [0.2, 0.25) is 0 Å². The average molecular weight is 269 g/mol. The van der Waals surface area contributed by atoms with Gasteiger partial charge in [-0.15, -0.1) is 0 Å². The Hall–Kier alpha value is -1.08. The molecule has 1 aliphatic heterocycles. The van der Waals surface area contributed by atoms with Crippen LogP contribution in [0, 0.1) is 5.82 Å². The van der Waals surface area contributed by atoms with Crippen LogP contribution in [0.25, 0.3) is 0 Å². The first kappa shape index (κ1) is 14.3. The summed E-state index contributed by atoms with van der Waals surface area (Å²) in [5, 5.41) is 9.27. The molecular weight excluding hydrogens is 249 g/mol. The molecule has 0 amide bonds. The lowest BCUT2D eigenvalue weighted by Crippen LogP contribution is -2.48. The molecule has 0 saturated carbocycles. The SMILES string of the molecule is NC(CCN1CCOCC1CO)c1ccc(F)cn1. The number of rotatable bonds is 5. The van der Waals surface area contributed by atoms with Gasteiger partial charge in [0.1, 0.15) is 5.82 Å². The first-order chi connectivity index (χ1) is 9.20. The lowest BCUT2D eigenvalue weighted by Gasteiger charge is -2.34. The van der Waals surface area contributed by atoms with Gasteiger partial charge in [-0.05, 0) is 18.6 Å². The van der Waals surface area contributed by atoms with Crippen LogP contribution >= 0.6 is 0 Å². The minimum absolute atomic E-state index is 0.0436. The summed E-state index contributed by atoms with van der Waals surface area (Å²) in [5.41, 5.74) is 6.73. The first-order valence-corrected chi connectivity index (χ1v) is 6.50. The van der Waals surface area contributed by atoms with Gasteiger partial charge < -0.3 is 15.6 Å². The fourth-order valence-corrected chi connectivity index (χ4v) is 2.21. The molecule has 0 radical (unpaired) electrons. The number of nitrogens with zero attached hydrogens (tertiary/aromatic N) is 2. The summed E-state index contributed by atoms with van der Waals surface area (Å²) in [6, 6.07) is 2.81. The van der Waals surface area contributed by atoms with Crippen LogP contribution in [0.1, 0.15) is 18.2 Å². The predicted molar refractivity (Wildman–Crippen MR) is 69.0 cm³/mol. The van der Waals surface area contributed by atoms with Gasteiger partial charge >= 0.3 is 0 Å². The molecule has 0 aromatic carbocycles. The van der Waals surface area contributed by atoms with Gasteiger partial charge in [-0.2, -0.15) is 0 Å². The van der Waals surface area contributed by atoms with E-state index in [0.717, 1.165) is 19.5 Å². The molecule has 1 aliphatic rings. The molecule has 1 saturated heterocycles. The third-order valence-electron chi connectivity index (χ3n) is 3.42. The summed E-state index contributed by atoms with van der Waals surface area (Å²) < 4.78 is 18.1. The van der Waals surface area contributed by atoms with Crippen molar-refractivity contribution < 1.29 is 14.2 Å². The van der Waals surface area contributed by atoms with Gasteiger partial charge in [0.2, 0.25) is 0 Å². The summed E-state index contributed by atoms with van der Waals surface area (Å²) in [7, 11) is 0. The molecule has 2 rings (SSSR count). The summed E-state index contributed by atoms with van der Waals surface area (Å²) in [5.74, 6) is -0.357. The lowest BCUT2D eigenvalue weighted by atomic mass is 10.1. The molecule has 1 aromatic rings. The number of halogens is 1. The fourth-order valence-electron chi connectivity index (χ4n) is 2.21. The standard InChI is InChI=1S/C13H20FN3O2/c14-10-1-2-13(16-7-10)12(15)3-4-17-5-6-19-9-11(17)8-18/h1-2,7,11-12,18H,3-6,8-9,15H2. The Balaban J connectivity index is 1.85. The Labute approximate surface area is 112 Å². The third kappa shape index (κ3) is 3.94. The Morgan fingerprint density at radius 1 is 1.58 bits per heavy atom. The van der Waals surface area contributed by atoms with E-state index in [1.54, 1.807) is 6.07 Å². The van der Waals surface area contributed by atoms with Crippen LogP contribution < -0.4 is 5.73 Å². The van der Waals surface area contributed by atoms with E-state index in [1.807, 2.05) is 0 Å². The van der Waals surface area contributed by atoms with Gasteiger partial charge in [0.15, 0.2) is 0 Å².